The normalized spacial score (nSPS) is 48.6. The second-order valence-electron chi connectivity index (χ2n) is 3.98. The maximum absolute atomic E-state index is 9.77. The van der Waals surface area contributed by atoms with Crippen molar-refractivity contribution in [1.82, 2.24) is 0 Å². The maximum atomic E-state index is 9.77. The Kier molecular flexibility index (Phi) is 4.80. The highest BCUT2D eigenvalue weighted by Crippen LogP contribution is 2.37. The highest BCUT2D eigenvalue weighted by atomic mass is 16.4. The molecule has 0 aliphatic heterocycles. The van der Waals surface area contributed by atoms with Gasteiger partial charge in [-0.25, -0.2) is 0 Å². The molecule has 5 atom stereocenters. The first kappa shape index (κ1) is 15.7. The van der Waals surface area contributed by atoms with Crippen molar-refractivity contribution in [2.24, 2.45) is 0 Å². The van der Waals surface area contributed by atoms with E-state index < -0.39 is 49.1 Å². The van der Waals surface area contributed by atoms with Gasteiger partial charge in [0.05, 0.1) is 19.3 Å². The smallest absolute Gasteiger partial charge is 0.147 e. The van der Waals surface area contributed by atoms with E-state index in [-0.39, 0.29) is 5.48 Å². The number of aliphatic hydroxyl groups excluding tert-OH is 5. The van der Waals surface area contributed by atoms with Crippen LogP contribution in [0.25, 0.3) is 0 Å². The number of rotatable bonds is 2. The molecule has 8 heteroatoms. The van der Waals surface area contributed by atoms with Crippen molar-refractivity contribution >= 4 is 0 Å². The summed E-state index contributed by atoms with van der Waals surface area (Å²) in [5.74, 6) is 0. The van der Waals surface area contributed by atoms with E-state index in [4.69, 9.17) is 10.2 Å². The summed E-state index contributed by atoms with van der Waals surface area (Å²) in [6.07, 6.45) is -5.65. The molecule has 1 fully saturated rings. The van der Waals surface area contributed by atoms with Gasteiger partial charge in [-0.2, -0.15) is 0 Å². The number of aliphatic hydroxyl groups is 7. The predicted octanol–water partition coefficient (Wildman–Crippen LogP) is -4.91. The SMILES string of the molecule is O.OC[C@@]1(O)C[C@@H](O)[C@H](O)[C@@H](O)[C@]1(O)CO. The topological polar surface area (TPSA) is 173 Å². The zero-order chi connectivity index (χ0) is 11.9. The quantitative estimate of drug-likeness (QED) is 0.254. The molecule has 0 bridgehead atoms. The van der Waals surface area contributed by atoms with E-state index in [9.17, 15) is 25.5 Å². The van der Waals surface area contributed by atoms with Crippen LogP contribution >= 0.6 is 0 Å². The van der Waals surface area contributed by atoms with Gasteiger partial charge in [-0.05, 0) is 0 Å². The molecule has 0 aromatic heterocycles. The molecule has 16 heavy (non-hydrogen) atoms. The molecule has 0 spiro atoms. The van der Waals surface area contributed by atoms with Crippen molar-refractivity contribution in [3.8, 4) is 0 Å². The van der Waals surface area contributed by atoms with Gasteiger partial charge >= 0.3 is 0 Å². The lowest BCUT2D eigenvalue weighted by molar-refractivity contribution is -0.291. The third kappa shape index (κ3) is 1.94. The van der Waals surface area contributed by atoms with E-state index in [1.54, 1.807) is 0 Å². The molecule has 0 aromatic rings. The molecule has 9 N–H and O–H groups in total. The van der Waals surface area contributed by atoms with Crippen LogP contribution in [0.5, 0.6) is 0 Å². The fraction of sp³-hybridized carbons (Fsp3) is 1.00. The Bertz CT molecular complexity index is 236. The van der Waals surface area contributed by atoms with Crippen molar-refractivity contribution < 1.29 is 41.2 Å². The van der Waals surface area contributed by atoms with Gasteiger partial charge in [0.15, 0.2) is 0 Å². The minimum Gasteiger partial charge on any atom is -0.412 e. The van der Waals surface area contributed by atoms with Crippen molar-refractivity contribution in [2.45, 2.75) is 35.9 Å². The summed E-state index contributed by atoms with van der Waals surface area (Å²) < 4.78 is 0. The largest absolute Gasteiger partial charge is 0.412 e. The Morgan fingerprint density at radius 1 is 1.00 bits per heavy atom. The molecule has 1 aliphatic rings. The van der Waals surface area contributed by atoms with Gasteiger partial charge in [-0.3, -0.25) is 0 Å². The molecule has 1 rings (SSSR count). The fourth-order valence-electron chi connectivity index (χ4n) is 1.85. The summed E-state index contributed by atoms with van der Waals surface area (Å²) in [5.41, 5.74) is -4.71. The van der Waals surface area contributed by atoms with E-state index in [1.807, 2.05) is 0 Å². The van der Waals surface area contributed by atoms with Gasteiger partial charge in [0.25, 0.3) is 0 Å². The molecular weight excluding hydrogens is 224 g/mol. The van der Waals surface area contributed by atoms with E-state index >= 15 is 0 Å². The standard InChI is InChI=1S/C8H16O7.H2O/c9-2-7(14)1-4(11)5(12)6(13)8(7,15)3-10;/h4-6,9-15H,1-3H2;1H2/t4-,5+,6-,7+,8-;/m1./s1. The second-order valence-corrected chi connectivity index (χ2v) is 3.98. The Hall–Kier alpha value is -0.320. The monoisotopic (exact) mass is 242 g/mol. The summed E-state index contributed by atoms with van der Waals surface area (Å²) in [4.78, 5) is 0. The van der Waals surface area contributed by atoms with Crippen molar-refractivity contribution in [3.05, 3.63) is 0 Å². The van der Waals surface area contributed by atoms with Crippen LogP contribution in [-0.2, 0) is 0 Å². The van der Waals surface area contributed by atoms with Crippen LogP contribution in [0.15, 0.2) is 0 Å². The first-order chi connectivity index (χ1) is 6.82. The minimum absolute atomic E-state index is 0. The lowest BCUT2D eigenvalue weighted by Crippen LogP contribution is -2.74. The fourth-order valence-corrected chi connectivity index (χ4v) is 1.85. The van der Waals surface area contributed by atoms with Gasteiger partial charge in [0.1, 0.15) is 23.4 Å². The van der Waals surface area contributed by atoms with Crippen LogP contribution in [0.1, 0.15) is 6.42 Å². The van der Waals surface area contributed by atoms with Crippen molar-refractivity contribution in [1.29, 1.82) is 0 Å². The molecule has 1 saturated carbocycles. The molecule has 0 heterocycles. The second kappa shape index (κ2) is 4.90. The van der Waals surface area contributed by atoms with Gasteiger partial charge < -0.3 is 41.2 Å². The lowest BCUT2D eigenvalue weighted by Gasteiger charge is -2.51. The molecule has 0 saturated heterocycles. The van der Waals surface area contributed by atoms with E-state index in [0.717, 1.165) is 0 Å². The summed E-state index contributed by atoms with van der Waals surface area (Å²) in [6, 6.07) is 0. The summed E-state index contributed by atoms with van der Waals surface area (Å²) in [6.45, 7) is -2.00. The van der Waals surface area contributed by atoms with Gasteiger partial charge in [-0.1, -0.05) is 0 Å². The summed E-state index contributed by atoms with van der Waals surface area (Å²) in [5, 5.41) is 65.4. The third-order valence-corrected chi connectivity index (χ3v) is 3.06. The van der Waals surface area contributed by atoms with Gasteiger partial charge in [0.2, 0.25) is 0 Å². The molecular formula is C8H18O8. The molecule has 0 aromatic carbocycles. The summed E-state index contributed by atoms with van der Waals surface area (Å²) in [7, 11) is 0. The Morgan fingerprint density at radius 3 is 1.88 bits per heavy atom. The first-order valence-corrected chi connectivity index (χ1v) is 4.53. The van der Waals surface area contributed by atoms with Crippen LogP contribution in [0, 0.1) is 0 Å². The molecule has 0 radical (unpaired) electrons. The van der Waals surface area contributed by atoms with Gasteiger partial charge in [0, 0.05) is 6.42 Å². The Balaban J connectivity index is 0.00000225. The van der Waals surface area contributed by atoms with E-state index in [1.165, 1.54) is 0 Å². The minimum atomic E-state index is -2.46. The van der Waals surface area contributed by atoms with Crippen molar-refractivity contribution in [2.75, 3.05) is 13.2 Å². The molecule has 8 nitrogen and oxygen atoms in total. The zero-order valence-corrected chi connectivity index (χ0v) is 8.48. The van der Waals surface area contributed by atoms with Gasteiger partial charge in [-0.15, -0.1) is 0 Å². The average Bonchev–Trinajstić information content (AvgIpc) is 2.23. The predicted molar refractivity (Wildman–Crippen MR) is 50.3 cm³/mol. The van der Waals surface area contributed by atoms with Crippen LogP contribution in [0.3, 0.4) is 0 Å². The summed E-state index contributed by atoms with van der Waals surface area (Å²) >= 11 is 0. The highest BCUT2D eigenvalue weighted by Gasteiger charge is 2.61. The molecule has 1 aliphatic carbocycles. The van der Waals surface area contributed by atoms with Crippen LogP contribution < -0.4 is 0 Å². The van der Waals surface area contributed by atoms with Crippen molar-refractivity contribution in [3.63, 3.8) is 0 Å². The Labute approximate surface area is 91.3 Å². The van der Waals surface area contributed by atoms with E-state index in [2.05, 4.69) is 0 Å². The van der Waals surface area contributed by atoms with Crippen LogP contribution in [-0.4, -0.2) is 83.9 Å². The van der Waals surface area contributed by atoms with Crippen LogP contribution in [0.2, 0.25) is 0 Å². The molecule has 0 unspecified atom stereocenters. The third-order valence-electron chi connectivity index (χ3n) is 3.06. The number of hydrogen-bond donors (Lipinski definition) is 7. The molecule has 98 valence electrons. The lowest BCUT2D eigenvalue weighted by atomic mass is 9.68. The zero-order valence-electron chi connectivity index (χ0n) is 8.48. The maximum Gasteiger partial charge on any atom is 0.147 e. The van der Waals surface area contributed by atoms with E-state index in [0.29, 0.717) is 0 Å². The highest BCUT2D eigenvalue weighted by molar-refractivity contribution is 5.12. The first-order valence-electron chi connectivity index (χ1n) is 4.53. The number of hydrogen-bond acceptors (Lipinski definition) is 7. The average molecular weight is 242 g/mol. The Morgan fingerprint density at radius 2 is 1.50 bits per heavy atom. The van der Waals surface area contributed by atoms with Crippen LogP contribution in [0.4, 0.5) is 0 Å². The molecule has 0 amide bonds.